The van der Waals surface area contributed by atoms with Crippen molar-refractivity contribution >= 4 is 41.6 Å². The van der Waals surface area contributed by atoms with Crippen LogP contribution in [0.15, 0.2) is 60.7 Å². The number of benzene rings is 2. The van der Waals surface area contributed by atoms with Crippen LogP contribution in [0.4, 0.5) is 4.79 Å². The SMILES string of the molecule is CCCCCCCCCC[C@H]1OC(=O)CNC(=O)[C@H]([C@H](C)OCc2ccccc2)NC(=O)[C@H](CNC(=O)OCc2ccccc2)NC(=O)[C@H]([C@H](C)CC)NC(=O)[C@H](CC(C)C)N(C)C(=O)[C@@H]1C. The number of unbranched alkanes of at least 4 members (excludes halogenated alkanes) is 7. The average molecular weight is 935 g/mol. The van der Waals surface area contributed by atoms with Crippen LogP contribution in [-0.2, 0) is 56.2 Å². The van der Waals surface area contributed by atoms with Gasteiger partial charge in [-0.2, -0.15) is 0 Å². The summed E-state index contributed by atoms with van der Waals surface area (Å²) in [5.41, 5.74) is 1.52. The topological polar surface area (TPSA) is 211 Å². The summed E-state index contributed by atoms with van der Waals surface area (Å²) in [5, 5.41) is 13.4. The zero-order chi connectivity index (χ0) is 49.3. The summed E-state index contributed by atoms with van der Waals surface area (Å²) >= 11 is 0. The third kappa shape index (κ3) is 19.7. The molecule has 2 aromatic carbocycles. The highest BCUT2D eigenvalue weighted by Gasteiger charge is 2.39. The van der Waals surface area contributed by atoms with Gasteiger partial charge in [-0.1, -0.05) is 154 Å². The van der Waals surface area contributed by atoms with Crippen molar-refractivity contribution in [3.05, 3.63) is 71.8 Å². The van der Waals surface area contributed by atoms with Gasteiger partial charge in [0.1, 0.15) is 43.4 Å². The summed E-state index contributed by atoms with van der Waals surface area (Å²) in [5.74, 6) is -5.53. The molecule has 0 spiro atoms. The maximum atomic E-state index is 14.4. The minimum absolute atomic E-state index is 0.0406. The van der Waals surface area contributed by atoms with Crippen LogP contribution in [0.2, 0.25) is 0 Å². The zero-order valence-corrected chi connectivity index (χ0v) is 41.1. The number of nitrogens with one attached hydrogen (secondary N) is 5. The van der Waals surface area contributed by atoms with E-state index >= 15 is 0 Å². The Bertz CT molecular complexity index is 1850. The predicted octanol–water partition coefficient (Wildman–Crippen LogP) is 6.10. The monoisotopic (exact) mass is 935 g/mol. The molecule has 1 heterocycles. The molecule has 0 unspecified atom stereocenters. The van der Waals surface area contributed by atoms with Crippen LogP contribution in [-0.4, -0.2) is 103 Å². The van der Waals surface area contributed by atoms with E-state index in [1.807, 2.05) is 57.2 Å². The normalized spacial score (nSPS) is 22.5. The molecule has 16 nitrogen and oxygen atoms in total. The molecule has 372 valence electrons. The summed E-state index contributed by atoms with van der Waals surface area (Å²) < 4.78 is 17.5. The van der Waals surface area contributed by atoms with Crippen molar-refractivity contribution in [1.82, 2.24) is 31.5 Å². The molecule has 1 aliphatic rings. The van der Waals surface area contributed by atoms with E-state index in [1.165, 1.54) is 24.8 Å². The molecular weight excluding hydrogens is 857 g/mol. The van der Waals surface area contributed by atoms with E-state index in [1.54, 1.807) is 45.0 Å². The predicted molar refractivity (Wildman–Crippen MR) is 256 cm³/mol. The highest BCUT2D eigenvalue weighted by molar-refractivity contribution is 5.96. The second-order valence-corrected chi connectivity index (χ2v) is 18.3. The maximum absolute atomic E-state index is 14.4. The van der Waals surface area contributed by atoms with Crippen LogP contribution in [0.25, 0.3) is 0 Å². The number of likely N-dealkylation sites (N-methyl/N-ethyl adjacent to an activating group) is 1. The molecule has 0 aliphatic carbocycles. The lowest BCUT2D eigenvalue weighted by Crippen LogP contribution is -2.63. The largest absolute Gasteiger partial charge is 0.460 e. The number of cyclic esters (lactones) is 1. The molecule has 3 rings (SSSR count). The van der Waals surface area contributed by atoms with Crippen molar-refractivity contribution in [2.24, 2.45) is 17.8 Å². The van der Waals surface area contributed by atoms with Gasteiger partial charge >= 0.3 is 12.1 Å². The van der Waals surface area contributed by atoms with Gasteiger partial charge in [-0.3, -0.25) is 28.8 Å². The van der Waals surface area contributed by atoms with E-state index in [0.717, 1.165) is 43.2 Å². The summed E-state index contributed by atoms with van der Waals surface area (Å²) in [6, 6.07) is 13.1. The fraction of sp³-hybridized carbons (Fsp3) is 0.627. The Kier molecular flexibility index (Phi) is 25.0. The molecule has 1 aliphatic heterocycles. The summed E-state index contributed by atoms with van der Waals surface area (Å²) in [6.45, 7) is 11.8. The zero-order valence-electron chi connectivity index (χ0n) is 41.1. The molecule has 1 fully saturated rings. The molecule has 2 aromatic rings. The number of hydrogen-bond acceptors (Lipinski definition) is 10. The van der Waals surface area contributed by atoms with Crippen LogP contribution >= 0.6 is 0 Å². The van der Waals surface area contributed by atoms with Crippen LogP contribution in [0.5, 0.6) is 0 Å². The fourth-order valence-corrected chi connectivity index (χ4v) is 7.82. The number of ether oxygens (including phenoxy) is 3. The molecule has 5 N–H and O–H groups in total. The maximum Gasteiger partial charge on any atom is 0.407 e. The molecule has 0 bridgehead atoms. The van der Waals surface area contributed by atoms with Crippen molar-refractivity contribution < 1.29 is 47.8 Å². The van der Waals surface area contributed by atoms with Gasteiger partial charge in [-0.25, -0.2) is 4.79 Å². The number of amides is 6. The Hall–Kier alpha value is -5.51. The summed E-state index contributed by atoms with van der Waals surface area (Å²) in [7, 11) is 1.53. The Morgan fingerprint density at radius 1 is 0.746 bits per heavy atom. The van der Waals surface area contributed by atoms with E-state index < -0.39 is 103 Å². The Labute approximate surface area is 398 Å². The molecular formula is C51H78N6O10. The van der Waals surface area contributed by atoms with E-state index in [0.29, 0.717) is 19.3 Å². The second kappa shape index (κ2) is 30.0. The van der Waals surface area contributed by atoms with Crippen molar-refractivity contribution in [2.75, 3.05) is 20.1 Å². The molecule has 0 aromatic heterocycles. The molecule has 0 radical (unpaired) electrons. The van der Waals surface area contributed by atoms with E-state index in [9.17, 15) is 33.6 Å². The first-order chi connectivity index (χ1) is 32.1. The van der Waals surface area contributed by atoms with Gasteiger partial charge in [0.05, 0.1) is 25.2 Å². The number of carbonyl (C=O) groups is 7. The van der Waals surface area contributed by atoms with Crippen molar-refractivity contribution in [2.45, 2.75) is 169 Å². The van der Waals surface area contributed by atoms with Gasteiger partial charge < -0.3 is 45.7 Å². The average Bonchev–Trinajstić information content (AvgIpc) is 3.32. The lowest BCUT2D eigenvalue weighted by molar-refractivity contribution is -0.158. The first-order valence-electron chi connectivity index (χ1n) is 24.3. The fourth-order valence-electron chi connectivity index (χ4n) is 7.82. The highest BCUT2D eigenvalue weighted by atomic mass is 16.6. The van der Waals surface area contributed by atoms with E-state index in [-0.39, 0.29) is 25.6 Å². The van der Waals surface area contributed by atoms with Crippen LogP contribution in [0.1, 0.15) is 130 Å². The van der Waals surface area contributed by atoms with Gasteiger partial charge in [-0.15, -0.1) is 0 Å². The van der Waals surface area contributed by atoms with E-state index in [4.69, 9.17) is 14.2 Å². The highest BCUT2D eigenvalue weighted by Crippen LogP contribution is 2.23. The Balaban J connectivity index is 2.03. The first kappa shape index (κ1) is 55.8. The van der Waals surface area contributed by atoms with Gasteiger partial charge in [0.2, 0.25) is 29.5 Å². The third-order valence-corrected chi connectivity index (χ3v) is 12.3. The van der Waals surface area contributed by atoms with Crippen molar-refractivity contribution in [3.63, 3.8) is 0 Å². The van der Waals surface area contributed by atoms with Crippen molar-refractivity contribution in [1.29, 1.82) is 0 Å². The quantitative estimate of drug-likeness (QED) is 0.0718. The number of nitrogens with zero attached hydrogens (tertiary/aromatic N) is 1. The minimum Gasteiger partial charge on any atom is -0.460 e. The standard InChI is InChI=1S/C51H78N6O10/c1-9-11-12-13-14-15-16-23-28-42-36(6)50(63)57(8)41(29-34(3)4)47(60)55-44(35(5)10-2)49(62)54-40(30-53-51(64)66-33-39-26-21-18-22-27-39)46(59)56-45(48(61)52-31-43(58)67-42)37(7)65-32-38-24-19-17-20-25-38/h17-22,24-27,34-37,40-42,44-45H,9-16,23,28-33H2,1-8H3,(H,52,61)(H,53,64)(H,54,62)(H,55,60)(H,56,59)/t35-,36-,37+,40+,41+,42-,44+,45+/m1/s1. The van der Waals surface area contributed by atoms with Crippen molar-refractivity contribution in [3.8, 4) is 0 Å². The summed E-state index contributed by atoms with van der Waals surface area (Å²) in [4.78, 5) is 99.5. The molecule has 6 amide bonds. The Morgan fingerprint density at radius 3 is 1.93 bits per heavy atom. The lowest BCUT2D eigenvalue weighted by Gasteiger charge is -2.34. The summed E-state index contributed by atoms with van der Waals surface area (Å²) in [6.07, 6.45) is 6.67. The molecule has 0 saturated carbocycles. The Morgan fingerprint density at radius 2 is 1.33 bits per heavy atom. The van der Waals surface area contributed by atoms with E-state index in [2.05, 4.69) is 33.5 Å². The number of hydrogen-bond donors (Lipinski definition) is 5. The van der Waals surface area contributed by atoms with Crippen LogP contribution in [0.3, 0.4) is 0 Å². The second-order valence-electron chi connectivity index (χ2n) is 18.3. The number of carbonyl (C=O) groups excluding carboxylic acids is 7. The first-order valence-corrected chi connectivity index (χ1v) is 24.3. The van der Waals surface area contributed by atoms with Gasteiger partial charge in [0, 0.05) is 7.05 Å². The smallest absolute Gasteiger partial charge is 0.407 e. The lowest BCUT2D eigenvalue weighted by atomic mass is 9.94. The molecule has 1 saturated heterocycles. The van der Waals surface area contributed by atoms with Gasteiger partial charge in [0.15, 0.2) is 0 Å². The van der Waals surface area contributed by atoms with Crippen LogP contribution in [0, 0.1) is 17.8 Å². The minimum atomic E-state index is -1.50. The molecule has 16 heteroatoms. The molecule has 8 atom stereocenters. The number of alkyl carbamates (subject to hydrolysis) is 1. The van der Waals surface area contributed by atoms with Gasteiger partial charge in [0.25, 0.3) is 0 Å². The van der Waals surface area contributed by atoms with Crippen LogP contribution < -0.4 is 26.6 Å². The third-order valence-electron chi connectivity index (χ3n) is 12.3. The number of rotatable bonds is 21. The molecule has 67 heavy (non-hydrogen) atoms. The van der Waals surface area contributed by atoms with Gasteiger partial charge in [-0.05, 0) is 49.1 Å². The number of esters is 1.